The van der Waals surface area contributed by atoms with Gasteiger partial charge < -0.3 is 13.9 Å². The Morgan fingerprint density at radius 3 is 2.58 bits per heavy atom. The summed E-state index contributed by atoms with van der Waals surface area (Å²) in [5.41, 5.74) is 3.06. The van der Waals surface area contributed by atoms with E-state index in [9.17, 15) is 0 Å². The normalized spacial score (nSPS) is 11.9. The lowest BCUT2D eigenvalue weighted by atomic mass is 10.2. The van der Waals surface area contributed by atoms with Crippen LogP contribution < -0.4 is 10.3 Å². The third-order valence-corrected chi connectivity index (χ3v) is 4.04. The van der Waals surface area contributed by atoms with Crippen molar-refractivity contribution < 1.29 is 13.9 Å². The van der Waals surface area contributed by atoms with E-state index < -0.39 is 0 Å². The summed E-state index contributed by atoms with van der Waals surface area (Å²) in [7, 11) is 1.64. The Hall–Kier alpha value is -2.11. The second-order valence-electron chi connectivity index (χ2n) is 5.21. The molecule has 0 N–H and O–H groups in total. The molecular weight excluding hydrogens is 370 g/mol. The fraction of sp³-hybridized carbons (Fsp3) is 0.211. The first-order chi connectivity index (χ1) is 11.7. The molecule has 4 nitrogen and oxygen atoms in total. The van der Waals surface area contributed by atoms with E-state index in [0.29, 0.717) is 18.8 Å². The molecule has 0 aliphatic rings. The maximum Gasteiger partial charge on any atom is 0.225 e. The average molecular weight is 388 g/mol. The molecule has 0 spiro atoms. The lowest BCUT2D eigenvalue weighted by molar-refractivity contribution is 0.131. The quantitative estimate of drug-likeness (QED) is 0.620. The van der Waals surface area contributed by atoms with Gasteiger partial charge in [0.05, 0.1) is 19.4 Å². The zero-order valence-corrected chi connectivity index (χ0v) is 15.2. The molecule has 0 fully saturated rings. The van der Waals surface area contributed by atoms with Gasteiger partial charge in [0.25, 0.3) is 0 Å². The molecule has 3 rings (SSSR count). The molecular formula is C19H18BrNO3. The van der Waals surface area contributed by atoms with Gasteiger partial charge in [0, 0.05) is 22.0 Å². The van der Waals surface area contributed by atoms with Crippen molar-refractivity contribution in [1.82, 2.24) is 0 Å². The van der Waals surface area contributed by atoms with E-state index >= 15 is 0 Å². The highest BCUT2D eigenvalue weighted by atomic mass is 79.9. The molecule has 0 unspecified atom stereocenters. The predicted octanol–water partition coefficient (Wildman–Crippen LogP) is 4.97. The van der Waals surface area contributed by atoms with E-state index in [1.54, 1.807) is 7.11 Å². The summed E-state index contributed by atoms with van der Waals surface area (Å²) in [6, 6.07) is 15.5. The first-order valence-corrected chi connectivity index (χ1v) is 8.47. The Morgan fingerprint density at radius 1 is 1.08 bits per heavy atom. The average Bonchev–Trinajstić information content (AvgIpc) is 2.60. The highest BCUT2D eigenvalue weighted by molar-refractivity contribution is 9.10. The second-order valence-corrected chi connectivity index (χ2v) is 6.12. The molecule has 5 heteroatoms. The topological polar surface area (TPSA) is 44.0 Å². The zero-order chi connectivity index (χ0) is 16.9. The van der Waals surface area contributed by atoms with Gasteiger partial charge in [-0.2, -0.15) is 0 Å². The minimum absolute atomic E-state index is 0.456. The summed E-state index contributed by atoms with van der Waals surface area (Å²) in [4.78, 5) is 4.63. The number of hydrogen-bond acceptors (Lipinski definition) is 4. The Kier molecular flexibility index (Phi) is 5.33. The lowest BCUT2D eigenvalue weighted by Crippen LogP contribution is -2.10. The molecule has 124 valence electrons. The highest BCUT2D eigenvalue weighted by Crippen LogP contribution is 2.21. The van der Waals surface area contributed by atoms with Crippen molar-refractivity contribution in [1.29, 1.82) is 0 Å². The molecule has 0 amide bonds. The van der Waals surface area contributed by atoms with Gasteiger partial charge in [-0.1, -0.05) is 15.9 Å². The Labute approximate surface area is 148 Å². The summed E-state index contributed by atoms with van der Waals surface area (Å²) < 4.78 is 17.8. The highest BCUT2D eigenvalue weighted by Gasteiger charge is 2.05. The molecule has 0 saturated carbocycles. The fourth-order valence-corrected chi connectivity index (χ4v) is 2.71. The van der Waals surface area contributed by atoms with Crippen molar-refractivity contribution in [3.8, 4) is 5.75 Å². The van der Waals surface area contributed by atoms with E-state index in [4.69, 9.17) is 13.9 Å². The SMILES string of the molecule is CCOCc1cc2cc(Br)ccc2oc1=Nc1ccc(OC)cc1. The standard InChI is InChI=1S/C19H18BrNO3/c1-3-23-12-14-10-13-11-15(20)4-9-18(13)24-19(14)21-16-5-7-17(22-2)8-6-16/h4-11H,3,12H2,1-2H3. The van der Waals surface area contributed by atoms with Crippen molar-refractivity contribution in [2.24, 2.45) is 4.99 Å². The lowest BCUT2D eigenvalue weighted by Gasteiger charge is -2.06. The van der Waals surface area contributed by atoms with Crippen LogP contribution in [0.5, 0.6) is 5.75 Å². The van der Waals surface area contributed by atoms with Gasteiger partial charge in [-0.25, -0.2) is 4.99 Å². The van der Waals surface area contributed by atoms with Crippen LogP contribution in [0, 0.1) is 0 Å². The van der Waals surface area contributed by atoms with Gasteiger partial charge in [0.1, 0.15) is 11.3 Å². The van der Waals surface area contributed by atoms with Gasteiger partial charge >= 0.3 is 0 Å². The molecule has 0 bridgehead atoms. The van der Waals surface area contributed by atoms with Crippen LogP contribution in [0.25, 0.3) is 11.0 Å². The number of ether oxygens (including phenoxy) is 2. The Balaban J connectivity index is 2.11. The fourth-order valence-electron chi connectivity index (χ4n) is 2.33. The number of rotatable bonds is 5. The first-order valence-electron chi connectivity index (χ1n) is 7.68. The summed E-state index contributed by atoms with van der Waals surface area (Å²) >= 11 is 3.49. The summed E-state index contributed by atoms with van der Waals surface area (Å²) in [6.45, 7) is 3.06. The molecule has 1 aromatic heterocycles. The number of hydrogen-bond donors (Lipinski definition) is 0. The molecule has 1 heterocycles. The number of halogens is 1. The zero-order valence-electron chi connectivity index (χ0n) is 13.6. The van der Waals surface area contributed by atoms with E-state index in [1.807, 2.05) is 49.4 Å². The molecule has 0 aliphatic carbocycles. The number of benzene rings is 2. The van der Waals surface area contributed by atoms with E-state index in [0.717, 1.165) is 32.4 Å². The van der Waals surface area contributed by atoms with Crippen molar-refractivity contribution in [3.63, 3.8) is 0 Å². The van der Waals surface area contributed by atoms with Crippen molar-refractivity contribution >= 4 is 32.6 Å². The van der Waals surface area contributed by atoms with Crippen LogP contribution >= 0.6 is 15.9 Å². The molecule has 0 atom stereocenters. The van der Waals surface area contributed by atoms with Crippen LogP contribution in [0.2, 0.25) is 0 Å². The van der Waals surface area contributed by atoms with E-state index in [2.05, 4.69) is 27.0 Å². The van der Waals surface area contributed by atoms with Gasteiger partial charge in [-0.3, -0.25) is 0 Å². The van der Waals surface area contributed by atoms with Gasteiger partial charge in [-0.15, -0.1) is 0 Å². The monoisotopic (exact) mass is 387 g/mol. The minimum atomic E-state index is 0.456. The van der Waals surface area contributed by atoms with Crippen molar-refractivity contribution in [2.45, 2.75) is 13.5 Å². The van der Waals surface area contributed by atoms with E-state index in [-0.39, 0.29) is 0 Å². The Bertz CT molecular complexity index is 901. The number of methoxy groups -OCH3 is 1. The van der Waals surface area contributed by atoms with Crippen LogP contribution in [0.1, 0.15) is 12.5 Å². The molecule has 2 aromatic carbocycles. The van der Waals surface area contributed by atoms with Crippen LogP contribution in [0.3, 0.4) is 0 Å². The predicted molar refractivity (Wildman–Crippen MR) is 97.5 cm³/mol. The first kappa shape index (κ1) is 16.7. The summed E-state index contributed by atoms with van der Waals surface area (Å²) in [5.74, 6) is 0.795. The minimum Gasteiger partial charge on any atom is -0.497 e. The van der Waals surface area contributed by atoms with Gasteiger partial charge in [0.2, 0.25) is 5.55 Å². The van der Waals surface area contributed by atoms with Crippen molar-refractivity contribution in [3.05, 3.63) is 64.1 Å². The summed E-state index contributed by atoms with van der Waals surface area (Å²) in [5, 5.41) is 1.01. The third-order valence-electron chi connectivity index (χ3n) is 3.55. The maximum atomic E-state index is 6.01. The number of nitrogens with zero attached hydrogens (tertiary/aromatic N) is 1. The third kappa shape index (κ3) is 3.86. The van der Waals surface area contributed by atoms with Crippen molar-refractivity contribution in [2.75, 3.05) is 13.7 Å². The molecule has 0 saturated heterocycles. The molecule has 0 aliphatic heterocycles. The molecule has 0 radical (unpaired) electrons. The number of fused-ring (bicyclic) bond motifs is 1. The maximum absolute atomic E-state index is 6.01. The van der Waals surface area contributed by atoms with Crippen LogP contribution in [0.4, 0.5) is 5.69 Å². The summed E-state index contributed by atoms with van der Waals surface area (Å²) in [6.07, 6.45) is 0. The van der Waals surface area contributed by atoms with Gasteiger partial charge in [0.15, 0.2) is 0 Å². The smallest absolute Gasteiger partial charge is 0.225 e. The van der Waals surface area contributed by atoms with Crippen LogP contribution in [0.15, 0.2) is 62.4 Å². The van der Waals surface area contributed by atoms with Crippen LogP contribution in [-0.4, -0.2) is 13.7 Å². The molecule has 3 aromatic rings. The van der Waals surface area contributed by atoms with E-state index in [1.165, 1.54) is 0 Å². The van der Waals surface area contributed by atoms with Crippen LogP contribution in [-0.2, 0) is 11.3 Å². The molecule has 24 heavy (non-hydrogen) atoms. The van der Waals surface area contributed by atoms with Gasteiger partial charge in [-0.05, 0) is 55.5 Å². The Morgan fingerprint density at radius 2 is 1.88 bits per heavy atom. The largest absolute Gasteiger partial charge is 0.497 e. The second kappa shape index (κ2) is 7.64.